The number of nitrogens with one attached hydrogen (secondary N) is 1. The van der Waals surface area contributed by atoms with Crippen LogP contribution in [0.2, 0.25) is 0 Å². The standard InChI is InChI=1S/C21H25N3O3S/c1-5-24(12-15-6-8-16(27-4)9-7-15)18(25)11-10-17-22-20(26)19-13(2)14(3)28-21(19)23-17/h6-9H,5,10-12H2,1-4H3,(H,22,23,26). The number of thiophene rings is 1. The Labute approximate surface area is 168 Å². The highest BCUT2D eigenvalue weighted by molar-refractivity contribution is 7.18. The van der Waals surface area contributed by atoms with E-state index >= 15 is 0 Å². The number of ether oxygens (including phenoxy) is 1. The van der Waals surface area contributed by atoms with Crippen molar-refractivity contribution in [1.82, 2.24) is 14.9 Å². The largest absolute Gasteiger partial charge is 0.497 e. The van der Waals surface area contributed by atoms with Crippen molar-refractivity contribution in [3.05, 3.63) is 56.4 Å². The van der Waals surface area contributed by atoms with Crippen molar-refractivity contribution in [3.63, 3.8) is 0 Å². The number of carbonyl (C=O) groups is 1. The van der Waals surface area contributed by atoms with E-state index in [1.807, 2.05) is 45.0 Å². The number of hydrogen-bond donors (Lipinski definition) is 1. The van der Waals surface area contributed by atoms with E-state index in [1.165, 1.54) is 11.3 Å². The van der Waals surface area contributed by atoms with Crippen LogP contribution in [0.15, 0.2) is 29.1 Å². The van der Waals surface area contributed by atoms with Gasteiger partial charge in [0.05, 0.1) is 12.5 Å². The zero-order valence-electron chi connectivity index (χ0n) is 16.7. The van der Waals surface area contributed by atoms with Gasteiger partial charge in [-0.1, -0.05) is 12.1 Å². The lowest BCUT2D eigenvalue weighted by molar-refractivity contribution is -0.131. The van der Waals surface area contributed by atoms with Crippen LogP contribution in [0.25, 0.3) is 10.2 Å². The molecule has 0 fully saturated rings. The predicted molar refractivity (Wildman–Crippen MR) is 112 cm³/mol. The Balaban J connectivity index is 1.67. The fourth-order valence-corrected chi connectivity index (χ4v) is 4.18. The molecule has 1 aromatic carbocycles. The van der Waals surface area contributed by atoms with Crippen LogP contribution in [0.5, 0.6) is 5.75 Å². The van der Waals surface area contributed by atoms with Gasteiger partial charge in [0.1, 0.15) is 16.4 Å². The third-order valence-corrected chi connectivity index (χ3v) is 6.03. The zero-order valence-corrected chi connectivity index (χ0v) is 17.5. The molecule has 148 valence electrons. The Bertz CT molecular complexity index is 1040. The first-order chi connectivity index (χ1) is 13.4. The van der Waals surface area contributed by atoms with Crippen LogP contribution >= 0.6 is 11.3 Å². The summed E-state index contributed by atoms with van der Waals surface area (Å²) in [6.07, 6.45) is 0.723. The van der Waals surface area contributed by atoms with Crippen LogP contribution in [0.3, 0.4) is 0 Å². The molecule has 0 aliphatic heterocycles. The molecule has 3 aromatic rings. The molecule has 0 saturated carbocycles. The van der Waals surface area contributed by atoms with Crippen LogP contribution in [0.1, 0.15) is 35.2 Å². The molecule has 0 radical (unpaired) electrons. The second-order valence-electron chi connectivity index (χ2n) is 6.73. The average molecular weight is 400 g/mol. The number of methoxy groups -OCH3 is 1. The molecule has 6 nitrogen and oxygen atoms in total. The summed E-state index contributed by atoms with van der Waals surface area (Å²) in [6, 6.07) is 7.71. The number of aromatic amines is 1. The van der Waals surface area contributed by atoms with E-state index in [0.717, 1.165) is 26.6 Å². The van der Waals surface area contributed by atoms with Gasteiger partial charge in [-0.3, -0.25) is 9.59 Å². The minimum atomic E-state index is -0.125. The van der Waals surface area contributed by atoms with E-state index in [9.17, 15) is 9.59 Å². The summed E-state index contributed by atoms with van der Waals surface area (Å²) in [7, 11) is 1.63. The summed E-state index contributed by atoms with van der Waals surface area (Å²) in [4.78, 5) is 36.1. The number of nitrogens with zero attached hydrogens (tertiary/aromatic N) is 2. The monoisotopic (exact) mass is 399 g/mol. The summed E-state index contributed by atoms with van der Waals surface area (Å²) in [5.74, 6) is 1.40. The van der Waals surface area contributed by atoms with Crippen molar-refractivity contribution in [2.24, 2.45) is 0 Å². The maximum absolute atomic E-state index is 12.7. The van der Waals surface area contributed by atoms with Crippen LogP contribution in [-0.2, 0) is 17.8 Å². The number of rotatable bonds is 7. The predicted octanol–water partition coefficient (Wildman–Crippen LogP) is 3.59. The minimum Gasteiger partial charge on any atom is -0.497 e. The van der Waals surface area contributed by atoms with Gasteiger partial charge in [0.15, 0.2) is 0 Å². The van der Waals surface area contributed by atoms with Crippen molar-refractivity contribution >= 4 is 27.5 Å². The van der Waals surface area contributed by atoms with Crippen LogP contribution < -0.4 is 10.3 Å². The van der Waals surface area contributed by atoms with Gasteiger partial charge in [0.25, 0.3) is 5.56 Å². The smallest absolute Gasteiger partial charge is 0.259 e. The van der Waals surface area contributed by atoms with Gasteiger partial charge < -0.3 is 14.6 Å². The van der Waals surface area contributed by atoms with Gasteiger partial charge in [-0.05, 0) is 44.0 Å². The third-order valence-electron chi connectivity index (χ3n) is 4.93. The first-order valence-corrected chi connectivity index (χ1v) is 10.1. The molecule has 0 aliphatic rings. The van der Waals surface area contributed by atoms with E-state index in [0.29, 0.717) is 37.1 Å². The molecule has 3 rings (SSSR count). The third kappa shape index (κ3) is 4.25. The number of aryl methyl sites for hydroxylation is 3. The van der Waals surface area contributed by atoms with Crippen molar-refractivity contribution in [2.75, 3.05) is 13.7 Å². The molecule has 0 atom stereocenters. The topological polar surface area (TPSA) is 75.3 Å². The molecule has 28 heavy (non-hydrogen) atoms. The quantitative estimate of drug-likeness (QED) is 0.659. The Morgan fingerprint density at radius 2 is 1.96 bits per heavy atom. The van der Waals surface area contributed by atoms with Crippen LogP contribution in [0, 0.1) is 13.8 Å². The molecule has 1 N–H and O–H groups in total. The summed E-state index contributed by atoms with van der Waals surface area (Å²) in [5.41, 5.74) is 1.90. The highest BCUT2D eigenvalue weighted by atomic mass is 32.1. The normalized spacial score (nSPS) is 11.0. The SMILES string of the molecule is CCN(Cc1ccc(OC)cc1)C(=O)CCc1nc2sc(C)c(C)c2c(=O)[nH]1. The first-order valence-electron chi connectivity index (χ1n) is 9.32. The van der Waals surface area contributed by atoms with Gasteiger partial charge in [-0.15, -0.1) is 11.3 Å². The average Bonchev–Trinajstić information content (AvgIpc) is 2.98. The fourth-order valence-electron chi connectivity index (χ4n) is 3.13. The summed E-state index contributed by atoms with van der Waals surface area (Å²) >= 11 is 1.52. The number of amides is 1. The van der Waals surface area contributed by atoms with E-state index in [1.54, 1.807) is 12.0 Å². The maximum Gasteiger partial charge on any atom is 0.259 e. The minimum absolute atomic E-state index is 0.0413. The highest BCUT2D eigenvalue weighted by Gasteiger charge is 2.15. The molecule has 0 bridgehead atoms. The molecule has 0 unspecified atom stereocenters. The summed E-state index contributed by atoms with van der Waals surface area (Å²) in [5, 5.41) is 0.660. The number of aromatic nitrogens is 2. The molecule has 0 spiro atoms. The molecule has 2 heterocycles. The zero-order chi connectivity index (χ0) is 20.3. The molecule has 7 heteroatoms. The van der Waals surface area contributed by atoms with Gasteiger partial charge in [0.2, 0.25) is 5.91 Å². The van der Waals surface area contributed by atoms with Gasteiger partial charge in [-0.25, -0.2) is 4.98 Å². The lowest BCUT2D eigenvalue weighted by Crippen LogP contribution is -2.30. The van der Waals surface area contributed by atoms with E-state index in [2.05, 4.69) is 9.97 Å². The Morgan fingerprint density at radius 1 is 1.25 bits per heavy atom. The number of benzene rings is 1. The van der Waals surface area contributed by atoms with E-state index in [-0.39, 0.29) is 11.5 Å². The molecular formula is C21H25N3O3S. The molecule has 0 aliphatic carbocycles. The molecule has 0 saturated heterocycles. The molecule has 2 aromatic heterocycles. The Morgan fingerprint density at radius 3 is 2.61 bits per heavy atom. The second-order valence-corrected chi connectivity index (χ2v) is 7.94. The lowest BCUT2D eigenvalue weighted by atomic mass is 10.2. The van der Waals surface area contributed by atoms with E-state index in [4.69, 9.17) is 4.74 Å². The Hall–Kier alpha value is -2.67. The van der Waals surface area contributed by atoms with E-state index < -0.39 is 0 Å². The summed E-state index contributed by atoms with van der Waals surface area (Å²) in [6.45, 7) is 7.06. The summed E-state index contributed by atoms with van der Waals surface area (Å²) < 4.78 is 5.17. The van der Waals surface area contributed by atoms with Crippen molar-refractivity contribution in [2.45, 2.75) is 40.2 Å². The van der Waals surface area contributed by atoms with Gasteiger partial charge in [-0.2, -0.15) is 0 Å². The number of H-pyrrole nitrogens is 1. The Kier molecular flexibility index (Phi) is 6.14. The number of fused-ring (bicyclic) bond motifs is 1. The van der Waals surface area contributed by atoms with Crippen molar-refractivity contribution in [1.29, 1.82) is 0 Å². The van der Waals surface area contributed by atoms with Crippen molar-refractivity contribution < 1.29 is 9.53 Å². The van der Waals surface area contributed by atoms with Crippen molar-refractivity contribution in [3.8, 4) is 5.75 Å². The molecular weight excluding hydrogens is 374 g/mol. The number of hydrogen-bond acceptors (Lipinski definition) is 5. The number of carbonyl (C=O) groups excluding carboxylic acids is 1. The second kappa shape index (κ2) is 8.56. The van der Waals surface area contributed by atoms with Gasteiger partial charge in [0, 0.05) is 30.8 Å². The maximum atomic E-state index is 12.7. The fraction of sp³-hybridized carbons (Fsp3) is 0.381. The van der Waals surface area contributed by atoms with Gasteiger partial charge >= 0.3 is 0 Å². The first kappa shape index (κ1) is 20.1. The molecule has 1 amide bonds. The van der Waals surface area contributed by atoms with Crippen LogP contribution in [0.4, 0.5) is 0 Å². The lowest BCUT2D eigenvalue weighted by Gasteiger charge is -2.21. The highest BCUT2D eigenvalue weighted by Crippen LogP contribution is 2.25. The van der Waals surface area contributed by atoms with Crippen LogP contribution in [-0.4, -0.2) is 34.4 Å².